The van der Waals surface area contributed by atoms with E-state index in [0.29, 0.717) is 11.7 Å². The maximum absolute atomic E-state index is 12.0. The largest absolute Gasteiger partial charge is 0.443 e. The highest BCUT2D eigenvalue weighted by Crippen LogP contribution is 2.22. The number of nitrogens with zero attached hydrogens (tertiary/aromatic N) is 3. The lowest BCUT2D eigenvalue weighted by atomic mass is 9.94. The number of carbonyl (C=O) groups is 1. The lowest BCUT2D eigenvalue weighted by Crippen LogP contribution is -2.28. The van der Waals surface area contributed by atoms with E-state index in [1.54, 1.807) is 23.1 Å². The van der Waals surface area contributed by atoms with Gasteiger partial charge in [0.05, 0.1) is 18.4 Å². The van der Waals surface area contributed by atoms with Gasteiger partial charge in [-0.05, 0) is 12.1 Å². The van der Waals surface area contributed by atoms with Gasteiger partial charge in [-0.3, -0.25) is 5.32 Å². The van der Waals surface area contributed by atoms with Crippen LogP contribution in [0, 0.1) is 0 Å². The van der Waals surface area contributed by atoms with Crippen LogP contribution < -0.4 is 10.6 Å². The van der Waals surface area contributed by atoms with Crippen molar-refractivity contribution in [2.24, 2.45) is 0 Å². The number of urea groups is 1. The molecule has 0 saturated heterocycles. The Balaban J connectivity index is 1.55. The third-order valence-electron chi connectivity index (χ3n) is 3.54. The quantitative estimate of drug-likeness (QED) is 0.762. The first kappa shape index (κ1) is 16.8. The topological polar surface area (TPSA) is 85.0 Å². The summed E-state index contributed by atoms with van der Waals surface area (Å²) < 4.78 is 7.33. The van der Waals surface area contributed by atoms with Gasteiger partial charge in [-0.2, -0.15) is 0 Å². The van der Waals surface area contributed by atoms with Gasteiger partial charge in [0.15, 0.2) is 5.82 Å². The van der Waals surface area contributed by atoms with Crippen molar-refractivity contribution in [3.8, 4) is 5.69 Å². The zero-order valence-corrected chi connectivity index (χ0v) is 14.5. The number of hydrogen-bond acceptors (Lipinski definition) is 4. The molecule has 130 valence electrons. The number of anilines is 1. The third kappa shape index (κ3) is 4.26. The molecule has 7 nitrogen and oxygen atoms in total. The second kappa shape index (κ2) is 6.80. The number of amides is 2. The first-order valence-electron chi connectivity index (χ1n) is 8.03. The second-order valence-electron chi connectivity index (χ2n) is 6.66. The summed E-state index contributed by atoms with van der Waals surface area (Å²) in [6.07, 6.45) is 3.48. The molecular formula is C18H21N5O2. The highest BCUT2D eigenvalue weighted by molar-refractivity contribution is 5.88. The summed E-state index contributed by atoms with van der Waals surface area (Å²) in [5.74, 6) is 1.71. The Morgan fingerprint density at radius 1 is 1.20 bits per heavy atom. The molecule has 0 bridgehead atoms. The van der Waals surface area contributed by atoms with Gasteiger partial charge in [-0.25, -0.2) is 14.5 Å². The van der Waals surface area contributed by atoms with E-state index in [1.165, 1.54) is 0 Å². The monoisotopic (exact) mass is 339 g/mol. The molecule has 2 amide bonds. The molecule has 2 N–H and O–H groups in total. The summed E-state index contributed by atoms with van der Waals surface area (Å²) in [4.78, 5) is 16.2. The molecule has 0 atom stereocenters. The Labute approximate surface area is 146 Å². The van der Waals surface area contributed by atoms with E-state index in [4.69, 9.17) is 4.42 Å². The molecule has 3 aromatic rings. The molecule has 0 spiro atoms. The lowest BCUT2D eigenvalue weighted by Gasteiger charge is -2.13. The van der Waals surface area contributed by atoms with Crippen LogP contribution in [0.2, 0.25) is 0 Å². The van der Waals surface area contributed by atoms with E-state index in [0.717, 1.165) is 11.4 Å². The molecule has 1 aromatic carbocycles. The van der Waals surface area contributed by atoms with E-state index in [1.807, 2.05) is 51.1 Å². The molecule has 25 heavy (non-hydrogen) atoms. The van der Waals surface area contributed by atoms with E-state index >= 15 is 0 Å². The summed E-state index contributed by atoms with van der Waals surface area (Å²) in [6.45, 7) is 6.34. The molecule has 0 unspecified atom stereocenters. The molecule has 0 aliphatic heterocycles. The molecule has 2 aromatic heterocycles. The van der Waals surface area contributed by atoms with E-state index in [9.17, 15) is 4.79 Å². The average molecular weight is 339 g/mol. The zero-order valence-electron chi connectivity index (χ0n) is 14.5. The third-order valence-corrected chi connectivity index (χ3v) is 3.54. The van der Waals surface area contributed by atoms with Crippen LogP contribution in [0.4, 0.5) is 10.6 Å². The number of para-hydroxylation sites is 1. The molecule has 0 aliphatic carbocycles. The van der Waals surface area contributed by atoms with E-state index < -0.39 is 0 Å². The van der Waals surface area contributed by atoms with Gasteiger partial charge in [-0.1, -0.05) is 39.0 Å². The first-order chi connectivity index (χ1) is 11.9. The lowest BCUT2D eigenvalue weighted by molar-refractivity contribution is 0.250. The van der Waals surface area contributed by atoms with Crippen molar-refractivity contribution in [1.82, 2.24) is 20.1 Å². The highest BCUT2D eigenvalue weighted by atomic mass is 16.4. The van der Waals surface area contributed by atoms with Gasteiger partial charge in [-0.15, -0.1) is 5.10 Å². The number of benzene rings is 1. The zero-order chi connectivity index (χ0) is 17.9. The number of rotatable bonds is 4. The number of carbonyl (C=O) groups excluding carboxylic acids is 1. The smallest absolute Gasteiger partial charge is 0.320 e. The Kier molecular flexibility index (Phi) is 4.56. The average Bonchev–Trinajstić information content (AvgIpc) is 3.23. The normalized spacial score (nSPS) is 11.3. The fourth-order valence-corrected chi connectivity index (χ4v) is 2.17. The predicted molar refractivity (Wildman–Crippen MR) is 94.6 cm³/mol. The van der Waals surface area contributed by atoms with E-state index in [2.05, 4.69) is 20.7 Å². The Morgan fingerprint density at radius 2 is 1.96 bits per heavy atom. The van der Waals surface area contributed by atoms with Crippen molar-refractivity contribution in [3.63, 3.8) is 0 Å². The van der Waals surface area contributed by atoms with Gasteiger partial charge in [0.1, 0.15) is 5.76 Å². The van der Waals surface area contributed by atoms with Crippen molar-refractivity contribution < 1.29 is 9.21 Å². The van der Waals surface area contributed by atoms with Gasteiger partial charge in [0.25, 0.3) is 0 Å². The van der Waals surface area contributed by atoms with Gasteiger partial charge >= 0.3 is 6.03 Å². The predicted octanol–water partition coefficient (Wildman–Crippen LogP) is 3.48. The molecule has 0 saturated carbocycles. The summed E-state index contributed by atoms with van der Waals surface area (Å²) in [7, 11) is 0. The summed E-state index contributed by atoms with van der Waals surface area (Å²) in [5.41, 5.74) is 0.808. The van der Waals surface area contributed by atoms with Crippen LogP contribution in [0.15, 0.2) is 53.2 Å². The number of aromatic nitrogens is 3. The van der Waals surface area contributed by atoms with Crippen LogP contribution in [-0.4, -0.2) is 20.8 Å². The molecule has 0 fully saturated rings. The number of nitrogens with one attached hydrogen (secondary N) is 2. The number of oxazole rings is 1. The molecule has 0 aliphatic rings. The summed E-state index contributed by atoms with van der Waals surface area (Å²) in [5, 5.41) is 9.71. The summed E-state index contributed by atoms with van der Waals surface area (Å²) in [6, 6.07) is 11.0. The van der Waals surface area contributed by atoms with Crippen molar-refractivity contribution in [2.45, 2.75) is 32.7 Å². The van der Waals surface area contributed by atoms with Gasteiger partial charge in [0, 0.05) is 17.7 Å². The molecule has 0 radical (unpaired) electrons. The fraction of sp³-hybridized carbons (Fsp3) is 0.278. The maximum Gasteiger partial charge on any atom is 0.320 e. The van der Waals surface area contributed by atoms with Crippen LogP contribution in [-0.2, 0) is 12.0 Å². The van der Waals surface area contributed by atoms with Crippen LogP contribution in [0.1, 0.15) is 32.4 Å². The minimum atomic E-state index is -0.367. The fourth-order valence-electron chi connectivity index (χ4n) is 2.17. The maximum atomic E-state index is 12.0. The minimum Gasteiger partial charge on any atom is -0.443 e. The van der Waals surface area contributed by atoms with Crippen LogP contribution in [0.25, 0.3) is 5.69 Å². The van der Waals surface area contributed by atoms with E-state index in [-0.39, 0.29) is 18.0 Å². The molecule has 2 heterocycles. The van der Waals surface area contributed by atoms with Gasteiger partial charge in [0.2, 0.25) is 5.89 Å². The van der Waals surface area contributed by atoms with Crippen LogP contribution in [0.5, 0.6) is 0 Å². The summed E-state index contributed by atoms with van der Waals surface area (Å²) >= 11 is 0. The standard InChI is InChI=1S/C18H21N5O2/c1-18(2,3)14-11-19-16(25-14)12-20-17(24)21-15-9-10-23(22-15)13-7-5-4-6-8-13/h4-11H,12H2,1-3H3,(H2,20,21,22,24). The van der Waals surface area contributed by atoms with Gasteiger partial charge < -0.3 is 9.73 Å². The first-order valence-corrected chi connectivity index (χ1v) is 8.03. The SMILES string of the molecule is CC(C)(C)c1cnc(CNC(=O)Nc2ccn(-c3ccccc3)n2)o1. The number of hydrogen-bond donors (Lipinski definition) is 2. The Bertz CT molecular complexity index is 846. The van der Waals surface area contributed by atoms with Crippen LogP contribution in [0.3, 0.4) is 0 Å². The highest BCUT2D eigenvalue weighted by Gasteiger charge is 2.19. The molecular weight excluding hydrogens is 318 g/mol. The van der Waals surface area contributed by atoms with Crippen molar-refractivity contribution in [2.75, 3.05) is 5.32 Å². The van der Waals surface area contributed by atoms with Crippen molar-refractivity contribution in [1.29, 1.82) is 0 Å². The second-order valence-corrected chi connectivity index (χ2v) is 6.66. The Morgan fingerprint density at radius 3 is 2.64 bits per heavy atom. The molecule has 3 rings (SSSR count). The molecule has 7 heteroatoms. The minimum absolute atomic E-state index is 0.113. The Hall–Kier alpha value is -3.09. The van der Waals surface area contributed by atoms with Crippen LogP contribution >= 0.6 is 0 Å². The van der Waals surface area contributed by atoms with Crippen molar-refractivity contribution >= 4 is 11.8 Å². The van der Waals surface area contributed by atoms with Crippen molar-refractivity contribution in [3.05, 3.63) is 60.4 Å².